The highest BCUT2D eigenvalue weighted by atomic mass is 14.9. The molecular formula is C15H23N. The zero-order chi connectivity index (χ0) is 11.2. The monoisotopic (exact) mass is 217 g/mol. The van der Waals surface area contributed by atoms with Gasteiger partial charge in [0.25, 0.3) is 0 Å². The topological polar surface area (TPSA) is 12.0 Å². The van der Waals surface area contributed by atoms with Crippen LogP contribution in [0.4, 0.5) is 0 Å². The van der Waals surface area contributed by atoms with Gasteiger partial charge in [0.15, 0.2) is 0 Å². The van der Waals surface area contributed by atoms with Crippen LogP contribution in [0.5, 0.6) is 0 Å². The smallest absolute Gasteiger partial charge is 0.0110 e. The van der Waals surface area contributed by atoms with E-state index in [0.717, 1.165) is 12.5 Å². The third kappa shape index (κ3) is 3.97. The van der Waals surface area contributed by atoms with E-state index >= 15 is 0 Å². The molecule has 1 saturated carbocycles. The molecular weight excluding hydrogens is 194 g/mol. The van der Waals surface area contributed by atoms with Crippen LogP contribution >= 0.6 is 0 Å². The van der Waals surface area contributed by atoms with E-state index in [4.69, 9.17) is 0 Å². The van der Waals surface area contributed by atoms with Gasteiger partial charge in [-0.2, -0.15) is 0 Å². The van der Waals surface area contributed by atoms with Crippen LogP contribution < -0.4 is 5.32 Å². The molecule has 1 aromatic rings. The van der Waals surface area contributed by atoms with Crippen LogP contribution in [0.3, 0.4) is 0 Å². The fourth-order valence-electron chi connectivity index (χ4n) is 2.24. The van der Waals surface area contributed by atoms with Crippen molar-refractivity contribution in [1.82, 2.24) is 5.32 Å². The molecule has 16 heavy (non-hydrogen) atoms. The molecule has 2 rings (SSSR count). The van der Waals surface area contributed by atoms with Crippen molar-refractivity contribution in [3.8, 4) is 0 Å². The van der Waals surface area contributed by atoms with Crippen LogP contribution in [0, 0.1) is 5.92 Å². The van der Waals surface area contributed by atoms with Crippen LogP contribution in [0.15, 0.2) is 30.3 Å². The second-order valence-corrected chi connectivity index (χ2v) is 5.02. The van der Waals surface area contributed by atoms with Gasteiger partial charge in [0.2, 0.25) is 0 Å². The quantitative estimate of drug-likeness (QED) is 0.738. The molecule has 88 valence electrons. The van der Waals surface area contributed by atoms with Crippen molar-refractivity contribution in [2.24, 2.45) is 5.92 Å². The minimum Gasteiger partial charge on any atom is -0.314 e. The van der Waals surface area contributed by atoms with Gasteiger partial charge in [-0.1, -0.05) is 50.1 Å². The van der Waals surface area contributed by atoms with E-state index in [1.807, 2.05) is 0 Å². The zero-order valence-electron chi connectivity index (χ0n) is 10.3. The predicted molar refractivity (Wildman–Crippen MR) is 69.6 cm³/mol. The Kier molecular flexibility index (Phi) is 4.41. The lowest BCUT2D eigenvalue weighted by molar-refractivity contribution is 0.455. The van der Waals surface area contributed by atoms with Crippen molar-refractivity contribution in [3.05, 3.63) is 35.9 Å². The van der Waals surface area contributed by atoms with E-state index in [1.54, 1.807) is 0 Å². The summed E-state index contributed by atoms with van der Waals surface area (Å²) in [5, 5.41) is 3.69. The van der Waals surface area contributed by atoms with Crippen LogP contribution in [-0.2, 0) is 6.42 Å². The molecule has 1 fully saturated rings. The van der Waals surface area contributed by atoms with Gasteiger partial charge in [-0.3, -0.25) is 0 Å². The van der Waals surface area contributed by atoms with E-state index in [-0.39, 0.29) is 0 Å². The molecule has 1 aliphatic rings. The van der Waals surface area contributed by atoms with Gasteiger partial charge < -0.3 is 5.32 Å². The SMILES string of the molecule is CCCNC(Cc1ccccc1)CC1CC1. The Morgan fingerprint density at radius 3 is 2.62 bits per heavy atom. The summed E-state index contributed by atoms with van der Waals surface area (Å²) in [4.78, 5) is 0. The third-order valence-electron chi connectivity index (χ3n) is 3.32. The number of rotatable bonds is 7. The Morgan fingerprint density at radius 2 is 2.00 bits per heavy atom. The summed E-state index contributed by atoms with van der Waals surface area (Å²) in [6, 6.07) is 11.6. The molecule has 0 saturated heterocycles. The van der Waals surface area contributed by atoms with E-state index in [9.17, 15) is 0 Å². The summed E-state index contributed by atoms with van der Waals surface area (Å²) >= 11 is 0. The average molecular weight is 217 g/mol. The molecule has 1 aromatic carbocycles. The average Bonchev–Trinajstić information content (AvgIpc) is 3.11. The van der Waals surface area contributed by atoms with Crippen molar-refractivity contribution in [2.45, 2.75) is 45.1 Å². The van der Waals surface area contributed by atoms with E-state index < -0.39 is 0 Å². The van der Waals surface area contributed by atoms with Crippen molar-refractivity contribution in [3.63, 3.8) is 0 Å². The number of hydrogen-bond acceptors (Lipinski definition) is 1. The molecule has 1 N–H and O–H groups in total. The highest BCUT2D eigenvalue weighted by Crippen LogP contribution is 2.34. The molecule has 0 radical (unpaired) electrons. The van der Waals surface area contributed by atoms with Gasteiger partial charge in [0, 0.05) is 6.04 Å². The van der Waals surface area contributed by atoms with Crippen LogP contribution in [-0.4, -0.2) is 12.6 Å². The third-order valence-corrected chi connectivity index (χ3v) is 3.32. The molecule has 0 aliphatic heterocycles. The Labute approximate surface area is 99.3 Å². The van der Waals surface area contributed by atoms with Gasteiger partial charge in [-0.15, -0.1) is 0 Å². The summed E-state index contributed by atoms with van der Waals surface area (Å²) in [5.74, 6) is 1.01. The minimum absolute atomic E-state index is 0.690. The predicted octanol–water partition coefficient (Wildman–Crippen LogP) is 3.40. The Hall–Kier alpha value is -0.820. The minimum atomic E-state index is 0.690. The van der Waals surface area contributed by atoms with Crippen molar-refractivity contribution < 1.29 is 0 Å². The lowest BCUT2D eigenvalue weighted by Gasteiger charge is -2.18. The molecule has 1 heteroatoms. The maximum Gasteiger partial charge on any atom is 0.0110 e. The first-order chi connectivity index (χ1) is 7.88. The van der Waals surface area contributed by atoms with Gasteiger partial charge in [0.1, 0.15) is 0 Å². The summed E-state index contributed by atoms with van der Waals surface area (Å²) in [6.45, 7) is 3.40. The zero-order valence-corrected chi connectivity index (χ0v) is 10.3. The molecule has 0 spiro atoms. The fourth-order valence-corrected chi connectivity index (χ4v) is 2.24. The highest BCUT2D eigenvalue weighted by Gasteiger charge is 2.25. The number of hydrogen-bond donors (Lipinski definition) is 1. The van der Waals surface area contributed by atoms with E-state index in [1.165, 1.54) is 37.7 Å². The maximum atomic E-state index is 3.69. The van der Waals surface area contributed by atoms with Crippen LogP contribution in [0.1, 0.15) is 38.2 Å². The van der Waals surface area contributed by atoms with Crippen molar-refractivity contribution >= 4 is 0 Å². The van der Waals surface area contributed by atoms with Crippen molar-refractivity contribution in [1.29, 1.82) is 0 Å². The first kappa shape index (κ1) is 11.7. The normalized spacial score (nSPS) is 17.3. The lowest BCUT2D eigenvalue weighted by atomic mass is 10.0. The van der Waals surface area contributed by atoms with Crippen LogP contribution in [0.25, 0.3) is 0 Å². The summed E-state index contributed by atoms with van der Waals surface area (Å²) in [5.41, 5.74) is 1.47. The van der Waals surface area contributed by atoms with Gasteiger partial charge in [-0.05, 0) is 37.3 Å². The Balaban J connectivity index is 1.84. The second kappa shape index (κ2) is 6.05. The standard InChI is InChI=1S/C15H23N/c1-2-10-16-15(12-14-8-9-14)11-13-6-4-3-5-7-13/h3-7,14-16H,2,8-12H2,1H3. The Morgan fingerprint density at radius 1 is 1.25 bits per heavy atom. The maximum absolute atomic E-state index is 3.69. The summed E-state index contributed by atoms with van der Waals surface area (Å²) < 4.78 is 0. The molecule has 1 unspecified atom stereocenters. The first-order valence-corrected chi connectivity index (χ1v) is 6.65. The van der Waals surface area contributed by atoms with Crippen LogP contribution in [0.2, 0.25) is 0 Å². The van der Waals surface area contributed by atoms with E-state index in [0.29, 0.717) is 6.04 Å². The summed E-state index contributed by atoms with van der Waals surface area (Å²) in [7, 11) is 0. The Bertz CT molecular complexity index is 290. The van der Waals surface area contributed by atoms with Gasteiger partial charge in [0.05, 0.1) is 0 Å². The molecule has 1 nitrogen and oxygen atoms in total. The van der Waals surface area contributed by atoms with Gasteiger partial charge >= 0.3 is 0 Å². The van der Waals surface area contributed by atoms with Crippen molar-refractivity contribution in [2.75, 3.05) is 6.54 Å². The molecule has 0 heterocycles. The first-order valence-electron chi connectivity index (χ1n) is 6.65. The fraction of sp³-hybridized carbons (Fsp3) is 0.600. The lowest BCUT2D eigenvalue weighted by Crippen LogP contribution is -2.32. The highest BCUT2D eigenvalue weighted by molar-refractivity contribution is 5.16. The number of nitrogens with one attached hydrogen (secondary N) is 1. The second-order valence-electron chi connectivity index (χ2n) is 5.02. The number of benzene rings is 1. The molecule has 0 amide bonds. The molecule has 0 aromatic heterocycles. The molecule has 0 bridgehead atoms. The van der Waals surface area contributed by atoms with E-state index in [2.05, 4.69) is 42.6 Å². The van der Waals surface area contributed by atoms with Gasteiger partial charge in [-0.25, -0.2) is 0 Å². The largest absolute Gasteiger partial charge is 0.314 e. The summed E-state index contributed by atoms with van der Waals surface area (Å²) in [6.07, 6.45) is 6.71. The molecule has 1 aliphatic carbocycles. The molecule has 1 atom stereocenters.